The fraction of sp³-hybridized carbons (Fsp3) is 0.750. The van der Waals surface area contributed by atoms with Crippen LogP contribution in [0.1, 0.15) is 53.4 Å². The molecule has 6 nitrogen and oxygen atoms in total. The van der Waals surface area contributed by atoms with E-state index in [1.165, 1.54) is 0 Å². The SMILES string of the molecule is CC[C@H](C)[C@H]1C(=O)CC(=O)N1[C@H]1CCN(C2=CC(=O)N[C@H]2CC(C)C)C1. The lowest BCUT2D eigenvalue weighted by Gasteiger charge is -2.33. The molecule has 0 aliphatic carbocycles. The minimum atomic E-state index is -0.277. The standard InChI is InChI=1S/C20H31N3O3/c1-5-13(4)20-17(24)10-19(26)23(20)14-6-7-22(11-14)16-9-18(25)21-15(16)8-12(2)3/h9,12-15,20H,5-8,10-11H2,1-4H3,(H,21,25)/t13-,14-,15-,20-/m0/s1. The normalized spacial score (nSPS) is 30.4. The number of amides is 2. The summed E-state index contributed by atoms with van der Waals surface area (Å²) in [7, 11) is 0. The first kappa shape index (κ1) is 18.9. The van der Waals surface area contributed by atoms with Gasteiger partial charge in [-0.25, -0.2) is 0 Å². The van der Waals surface area contributed by atoms with E-state index in [0.717, 1.165) is 31.5 Å². The smallest absolute Gasteiger partial charge is 0.246 e. The Labute approximate surface area is 156 Å². The van der Waals surface area contributed by atoms with E-state index in [1.54, 1.807) is 6.08 Å². The quantitative estimate of drug-likeness (QED) is 0.731. The fourth-order valence-electron chi connectivity index (χ4n) is 4.59. The molecule has 2 amide bonds. The third-order valence-electron chi connectivity index (χ3n) is 6.01. The zero-order chi connectivity index (χ0) is 19.0. The molecular formula is C20H31N3O3. The van der Waals surface area contributed by atoms with Crippen LogP contribution in [0, 0.1) is 11.8 Å². The zero-order valence-electron chi connectivity index (χ0n) is 16.3. The molecule has 3 aliphatic rings. The predicted molar refractivity (Wildman–Crippen MR) is 99.2 cm³/mol. The number of hydrogen-bond acceptors (Lipinski definition) is 4. The van der Waals surface area contributed by atoms with Crippen LogP contribution in [0.2, 0.25) is 0 Å². The molecule has 0 unspecified atom stereocenters. The number of ketones is 1. The summed E-state index contributed by atoms with van der Waals surface area (Å²) in [4.78, 5) is 40.8. The number of likely N-dealkylation sites (tertiary alicyclic amines) is 2. The van der Waals surface area contributed by atoms with E-state index in [1.807, 2.05) is 4.90 Å². The van der Waals surface area contributed by atoms with Gasteiger partial charge in [-0.1, -0.05) is 34.1 Å². The van der Waals surface area contributed by atoms with Gasteiger partial charge in [0, 0.05) is 24.9 Å². The van der Waals surface area contributed by atoms with Crippen molar-refractivity contribution in [3.8, 4) is 0 Å². The molecular weight excluding hydrogens is 330 g/mol. The van der Waals surface area contributed by atoms with E-state index in [-0.39, 0.29) is 48.1 Å². The van der Waals surface area contributed by atoms with Gasteiger partial charge in [0.05, 0.1) is 24.5 Å². The van der Waals surface area contributed by atoms with Crippen LogP contribution in [0.3, 0.4) is 0 Å². The molecule has 3 aliphatic heterocycles. The van der Waals surface area contributed by atoms with E-state index in [9.17, 15) is 14.4 Å². The number of rotatable bonds is 6. The molecule has 1 N–H and O–H groups in total. The predicted octanol–water partition coefficient (Wildman–Crippen LogP) is 1.71. The molecule has 2 saturated heterocycles. The van der Waals surface area contributed by atoms with Gasteiger partial charge in [0.1, 0.15) is 0 Å². The molecule has 144 valence electrons. The van der Waals surface area contributed by atoms with E-state index in [0.29, 0.717) is 12.5 Å². The van der Waals surface area contributed by atoms with Gasteiger partial charge in [-0.05, 0) is 24.7 Å². The van der Waals surface area contributed by atoms with Crippen LogP contribution in [0.4, 0.5) is 0 Å². The number of nitrogens with one attached hydrogen (secondary N) is 1. The van der Waals surface area contributed by atoms with Crippen LogP contribution in [-0.4, -0.2) is 58.6 Å². The third-order valence-corrected chi connectivity index (χ3v) is 6.01. The van der Waals surface area contributed by atoms with Crippen molar-refractivity contribution < 1.29 is 14.4 Å². The second kappa shape index (κ2) is 7.41. The Hall–Kier alpha value is -1.85. The summed E-state index contributed by atoms with van der Waals surface area (Å²) in [5, 5.41) is 3.04. The van der Waals surface area contributed by atoms with E-state index in [2.05, 4.69) is 37.9 Å². The molecule has 0 bridgehead atoms. The van der Waals surface area contributed by atoms with Gasteiger partial charge in [-0.2, -0.15) is 0 Å². The molecule has 4 atom stereocenters. The van der Waals surface area contributed by atoms with Crippen molar-refractivity contribution in [3.05, 3.63) is 11.8 Å². The Morgan fingerprint density at radius 3 is 2.62 bits per heavy atom. The van der Waals surface area contributed by atoms with Gasteiger partial charge in [0.2, 0.25) is 11.8 Å². The average Bonchev–Trinajstić information content (AvgIpc) is 3.23. The maximum Gasteiger partial charge on any atom is 0.246 e. The molecule has 0 aromatic heterocycles. The molecule has 0 aromatic rings. The number of hydrogen-bond donors (Lipinski definition) is 1. The van der Waals surface area contributed by atoms with Crippen LogP contribution in [-0.2, 0) is 14.4 Å². The average molecular weight is 361 g/mol. The Morgan fingerprint density at radius 1 is 1.23 bits per heavy atom. The number of carbonyl (C=O) groups is 3. The maximum atomic E-state index is 12.5. The fourth-order valence-corrected chi connectivity index (χ4v) is 4.59. The van der Waals surface area contributed by atoms with Crippen molar-refractivity contribution in [2.75, 3.05) is 13.1 Å². The first-order valence-corrected chi connectivity index (χ1v) is 9.92. The number of nitrogens with zero attached hydrogens (tertiary/aromatic N) is 2. The Bertz CT molecular complexity index is 628. The van der Waals surface area contributed by atoms with Gasteiger partial charge in [-0.15, -0.1) is 0 Å². The summed E-state index contributed by atoms with van der Waals surface area (Å²) in [5.74, 6) is 0.690. The summed E-state index contributed by atoms with van der Waals surface area (Å²) in [6, 6.07) is -0.159. The van der Waals surface area contributed by atoms with E-state index in [4.69, 9.17) is 0 Å². The van der Waals surface area contributed by atoms with Crippen molar-refractivity contribution in [2.45, 2.75) is 71.5 Å². The van der Waals surface area contributed by atoms with Crippen molar-refractivity contribution in [1.82, 2.24) is 15.1 Å². The molecule has 0 spiro atoms. The summed E-state index contributed by atoms with van der Waals surface area (Å²) >= 11 is 0. The van der Waals surface area contributed by atoms with Crippen LogP contribution in [0.5, 0.6) is 0 Å². The summed E-state index contributed by atoms with van der Waals surface area (Å²) < 4.78 is 0. The van der Waals surface area contributed by atoms with Gasteiger partial charge >= 0.3 is 0 Å². The largest absolute Gasteiger partial charge is 0.371 e. The molecule has 3 heterocycles. The second-order valence-corrected chi connectivity index (χ2v) is 8.42. The lowest BCUT2D eigenvalue weighted by molar-refractivity contribution is -0.132. The lowest BCUT2D eigenvalue weighted by atomic mass is 9.95. The number of Topliss-reactive ketones (excluding diaryl/α,β-unsaturated/α-hetero) is 1. The molecule has 26 heavy (non-hydrogen) atoms. The monoisotopic (exact) mass is 361 g/mol. The minimum Gasteiger partial charge on any atom is -0.371 e. The molecule has 2 fully saturated rings. The summed E-state index contributed by atoms with van der Waals surface area (Å²) in [6.45, 7) is 9.96. The highest BCUT2D eigenvalue weighted by molar-refractivity contribution is 6.07. The summed E-state index contributed by atoms with van der Waals surface area (Å²) in [5.41, 5.74) is 1.05. The van der Waals surface area contributed by atoms with Gasteiger partial charge < -0.3 is 15.1 Å². The molecule has 3 rings (SSSR count). The molecule has 0 radical (unpaired) electrons. The molecule has 0 aromatic carbocycles. The Kier molecular flexibility index (Phi) is 5.39. The van der Waals surface area contributed by atoms with Crippen LogP contribution in [0.15, 0.2) is 11.8 Å². The zero-order valence-corrected chi connectivity index (χ0v) is 16.3. The van der Waals surface area contributed by atoms with Crippen molar-refractivity contribution in [3.63, 3.8) is 0 Å². The van der Waals surface area contributed by atoms with Crippen LogP contribution < -0.4 is 5.32 Å². The number of carbonyl (C=O) groups excluding carboxylic acids is 3. The minimum absolute atomic E-state index is 0.0273. The molecule has 0 saturated carbocycles. The highest BCUT2D eigenvalue weighted by atomic mass is 16.2. The Morgan fingerprint density at radius 2 is 1.96 bits per heavy atom. The van der Waals surface area contributed by atoms with Gasteiger partial charge in [0.15, 0.2) is 5.78 Å². The van der Waals surface area contributed by atoms with Crippen LogP contribution in [0.25, 0.3) is 0 Å². The Balaban J connectivity index is 1.73. The lowest BCUT2D eigenvalue weighted by Crippen LogP contribution is -2.47. The third kappa shape index (κ3) is 3.51. The highest BCUT2D eigenvalue weighted by Gasteiger charge is 2.46. The van der Waals surface area contributed by atoms with Crippen molar-refractivity contribution >= 4 is 17.6 Å². The van der Waals surface area contributed by atoms with Crippen molar-refractivity contribution in [2.24, 2.45) is 11.8 Å². The first-order chi connectivity index (χ1) is 12.3. The summed E-state index contributed by atoms with van der Waals surface area (Å²) in [6.07, 6.45) is 4.40. The van der Waals surface area contributed by atoms with Gasteiger partial charge in [0.25, 0.3) is 0 Å². The molecule has 6 heteroatoms. The second-order valence-electron chi connectivity index (χ2n) is 8.42. The van der Waals surface area contributed by atoms with Crippen LogP contribution >= 0.6 is 0 Å². The van der Waals surface area contributed by atoms with E-state index < -0.39 is 0 Å². The highest BCUT2D eigenvalue weighted by Crippen LogP contribution is 2.32. The topological polar surface area (TPSA) is 69.7 Å². The first-order valence-electron chi connectivity index (χ1n) is 9.92. The van der Waals surface area contributed by atoms with Crippen molar-refractivity contribution in [1.29, 1.82) is 0 Å². The maximum absolute atomic E-state index is 12.5. The van der Waals surface area contributed by atoms with Gasteiger partial charge in [-0.3, -0.25) is 14.4 Å². The van der Waals surface area contributed by atoms with E-state index >= 15 is 0 Å².